The zero-order chi connectivity index (χ0) is 17.0. The highest BCUT2D eigenvalue weighted by Crippen LogP contribution is 2.22. The lowest BCUT2D eigenvalue weighted by molar-refractivity contribution is -0.122. The molecule has 1 aromatic carbocycles. The van der Waals surface area contributed by atoms with Crippen molar-refractivity contribution in [2.45, 2.75) is 26.8 Å². The summed E-state index contributed by atoms with van der Waals surface area (Å²) in [6, 6.07) is 4.74. The van der Waals surface area contributed by atoms with E-state index >= 15 is 0 Å². The highest BCUT2D eigenvalue weighted by Gasteiger charge is 2.21. The van der Waals surface area contributed by atoms with E-state index < -0.39 is 0 Å². The van der Waals surface area contributed by atoms with Crippen molar-refractivity contribution < 1.29 is 14.0 Å². The second kappa shape index (κ2) is 7.55. The molecule has 0 aromatic heterocycles. The van der Waals surface area contributed by atoms with Gasteiger partial charge in [0.1, 0.15) is 5.82 Å². The molecule has 0 bridgehead atoms. The van der Waals surface area contributed by atoms with Crippen LogP contribution in [0.4, 0.5) is 10.1 Å². The summed E-state index contributed by atoms with van der Waals surface area (Å²) in [5, 5.41) is 2.87. The van der Waals surface area contributed by atoms with Crippen LogP contribution in [0.25, 0.3) is 0 Å². The zero-order valence-electron chi connectivity index (χ0n) is 13.9. The topological polar surface area (TPSA) is 52.7 Å². The summed E-state index contributed by atoms with van der Waals surface area (Å²) >= 11 is 0. The number of Topliss-reactive ketones (excluding diaryl/α,β-unsaturated/α-hetero) is 1. The van der Waals surface area contributed by atoms with E-state index in [0.29, 0.717) is 44.0 Å². The first-order valence-electron chi connectivity index (χ1n) is 7.94. The molecule has 0 saturated carbocycles. The molecule has 1 amide bonds. The lowest BCUT2D eigenvalue weighted by Crippen LogP contribution is -2.50. The van der Waals surface area contributed by atoms with Crippen LogP contribution in [0.15, 0.2) is 18.2 Å². The Morgan fingerprint density at radius 3 is 2.39 bits per heavy atom. The number of ketones is 1. The van der Waals surface area contributed by atoms with Gasteiger partial charge in [0.2, 0.25) is 5.91 Å². The maximum Gasteiger partial charge on any atom is 0.234 e. The van der Waals surface area contributed by atoms with Crippen molar-refractivity contribution in [3.05, 3.63) is 29.6 Å². The van der Waals surface area contributed by atoms with E-state index in [1.807, 2.05) is 18.7 Å². The first-order chi connectivity index (χ1) is 10.9. The number of hydrogen-bond donors (Lipinski definition) is 1. The predicted molar refractivity (Wildman–Crippen MR) is 88.3 cm³/mol. The maximum atomic E-state index is 14.2. The highest BCUT2D eigenvalue weighted by atomic mass is 19.1. The Morgan fingerprint density at radius 2 is 1.87 bits per heavy atom. The minimum atomic E-state index is -0.372. The molecule has 2 rings (SSSR count). The van der Waals surface area contributed by atoms with Crippen LogP contribution in [0.3, 0.4) is 0 Å². The van der Waals surface area contributed by atoms with Crippen LogP contribution >= 0.6 is 0 Å². The van der Waals surface area contributed by atoms with Gasteiger partial charge >= 0.3 is 0 Å². The van der Waals surface area contributed by atoms with E-state index in [9.17, 15) is 14.0 Å². The second-order valence-electron chi connectivity index (χ2n) is 6.21. The van der Waals surface area contributed by atoms with Crippen LogP contribution in [-0.2, 0) is 4.79 Å². The number of amides is 1. The van der Waals surface area contributed by atoms with Gasteiger partial charge in [-0.2, -0.15) is 0 Å². The molecule has 1 aromatic rings. The molecule has 1 aliphatic rings. The minimum absolute atomic E-state index is 0.0189. The van der Waals surface area contributed by atoms with Gasteiger partial charge in [-0.15, -0.1) is 0 Å². The van der Waals surface area contributed by atoms with Gasteiger partial charge in [0.05, 0.1) is 12.2 Å². The highest BCUT2D eigenvalue weighted by molar-refractivity contribution is 5.94. The Kier molecular flexibility index (Phi) is 5.71. The monoisotopic (exact) mass is 321 g/mol. The zero-order valence-corrected chi connectivity index (χ0v) is 13.9. The Balaban J connectivity index is 1.92. The molecule has 5 nitrogen and oxygen atoms in total. The molecule has 1 fully saturated rings. The lowest BCUT2D eigenvalue weighted by Gasteiger charge is -2.36. The number of benzene rings is 1. The number of piperazine rings is 1. The van der Waals surface area contributed by atoms with Crippen molar-refractivity contribution in [1.29, 1.82) is 0 Å². The summed E-state index contributed by atoms with van der Waals surface area (Å²) in [7, 11) is 0. The summed E-state index contributed by atoms with van der Waals surface area (Å²) in [5.41, 5.74) is 0.900. The number of hydrogen-bond acceptors (Lipinski definition) is 4. The SMILES string of the molecule is CC(=O)c1ccc(N2CCN(CC(=O)NC(C)C)CC2)c(F)c1. The molecule has 0 radical (unpaired) electrons. The molecule has 1 heterocycles. The van der Waals surface area contributed by atoms with Gasteiger partial charge in [0, 0.05) is 37.8 Å². The van der Waals surface area contributed by atoms with E-state index in [1.165, 1.54) is 13.0 Å². The Labute approximate surface area is 136 Å². The minimum Gasteiger partial charge on any atom is -0.367 e. The quantitative estimate of drug-likeness (QED) is 0.838. The standard InChI is InChI=1S/C17H24FN3O2/c1-12(2)19-17(23)11-20-6-8-21(9-7-20)16-5-4-14(13(3)22)10-15(16)18/h4-5,10,12H,6-9,11H2,1-3H3,(H,19,23). The van der Waals surface area contributed by atoms with Crippen LogP contribution < -0.4 is 10.2 Å². The van der Waals surface area contributed by atoms with Crippen molar-refractivity contribution >= 4 is 17.4 Å². The summed E-state index contributed by atoms with van der Waals surface area (Å²) in [6.45, 7) is 8.40. The molecule has 0 spiro atoms. The Hall–Kier alpha value is -1.95. The van der Waals surface area contributed by atoms with Crippen molar-refractivity contribution in [3.8, 4) is 0 Å². The number of halogens is 1. The van der Waals surface area contributed by atoms with Gasteiger partial charge in [-0.1, -0.05) is 0 Å². The molecule has 0 atom stereocenters. The van der Waals surface area contributed by atoms with Crippen molar-refractivity contribution in [2.75, 3.05) is 37.6 Å². The first kappa shape index (κ1) is 17.4. The number of nitrogens with one attached hydrogen (secondary N) is 1. The maximum absolute atomic E-state index is 14.2. The van der Waals surface area contributed by atoms with Crippen molar-refractivity contribution in [3.63, 3.8) is 0 Å². The van der Waals surface area contributed by atoms with E-state index in [2.05, 4.69) is 10.2 Å². The van der Waals surface area contributed by atoms with Gasteiger partial charge in [-0.05, 0) is 39.0 Å². The molecule has 126 valence electrons. The van der Waals surface area contributed by atoms with Gasteiger partial charge in [0.15, 0.2) is 5.78 Å². The smallest absolute Gasteiger partial charge is 0.234 e. The van der Waals surface area contributed by atoms with Gasteiger partial charge < -0.3 is 10.2 Å². The van der Waals surface area contributed by atoms with Gasteiger partial charge in [-0.3, -0.25) is 14.5 Å². The molecule has 1 saturated heterocycles. The van der Waals surface area contributed by atoms with E-state index in [0.717, 1.165) is 0 Å². The Bertz CT molecular complexity index is 581. The molecular formula is C17H24FN3O2. The third-order valence-electron chi connectivity index (χ3n) is 3.88. The van der Waals surface area contributed by atoms with Crippen LogP contribution in [0.1, 0.15) is 31.1 Å². The van der Waals surface area contributed by atoms with Crippen LogP contribution in [-0.4, -0.2) is 55.4 Å². The first-order valence-corrected chi connectivity index (χ1v) is 7.94. The molecule has 0 unspecified atom stereocenters. The van der Waals surface area contributed by atoms with Crippen LogP contribution in [0.5, 0.6) is 0 Å². The summed E-state index contributed by atoms with van der Waals surface area (Å²) in [6.07, 6.45) is 0. The number of nitrogens with zero attached hydrogens (tertiary/aromatic N) is 2. The summed E-state index contributed by atoms with van der Waals surface area (Å²) < 4.78 is 14.2. The predicted octanol–water partition coefficient (Wildman–Crippen LogP) is 1.67. The molecule has 0 aliphatic carbocycles. The van der Waals surface area contributed by atoms with E-state index in [1.54, 1.807) is 12.1 Å². The third-order valence-corrected chi connectivity index (χ3v) is 3.88. The molecule has 1 N–H and O–H groups in total. The average molecular weight is 321 g/mol. The molecule has 23 heavy (non-hydrogen) atoms. The summed E-state index contributed by atoms with van der Waals surface area (Å²) in [5.74, 6) is -0.495. The van der Waals surface area contributed by atoms with Crippen LogP contribution in [0, 0.1) is 5.82 Å². The van der Waals surface area contributed by atoms with Crippen molar-refractivity contribution in [1.82, 2.24) is 10.2 Å². The average Bonchev–Trinajstić information content (AvgIpc) is 2.47. The van der Waals surface area contributed by atoms with Gasteiger partial charge in [-0.25, -0.2) is 4.39 Å². The fourth-order valence-electron chi connectivity index (χ4n) is 2.70. The summed E-state index contributed by atoms with van der Waals surface area (Å²) in [4.78, 5) is 27.1. The third kappa shape index (κ3) is 4.76. The molecule has 1 aliphatic heterocycles. The fourth-order valence-corrected chi connectivity index (χ4v) is 2.70. The normalized spacial score (nSPS) is 15.8. The lowest BCUT2D eigenvalue weighted by atomic mass is 10.1. The molecular weight excluding hydrogens is 297 g/mol. The number of rotatable bonds is 5. The van der Waals surface area contributed by atoms with Crippen molar-refractivity contribution in [2.24, 2.45) is 0 Å². The second-order valence-corrected chi connectivity index (χ2v) is 6.21. The number of carbonyl (C=O) groups is 2. The van der Waals surface area contributed by atoms with Crippen LogP contribution in [0.2, 0.25) is 0 Å². The molecule has 6 heteroatoms. The largest absolute Gasteiger partial charge is 0.367 e. The van der Waals surface area contributed by atoms with Gasteiger partial charge in [0.25, 0.3) is 0 Å². The number of carbonyl (C=O) groups excluding carboxylic acids is 2. The number of anilines is 1. The Morgan fingerprint density at radius 1 is 1.22 bits per heavy atom. The van der Waals surface area contributed by atoms with E-state index in [-0.39, 0.29) is 23.5 Å². The fraction of sp³-hybridized carbons (Fsp3) is 0.529. The van der Waals surface area contributed by atoms with E-state index in [4.69, 9.17) is 0 Å².